The zero-order valence-electron chi connectivity index (χ0n) is 10.3. The molecule has 0 aliphatic rings. The first-order valence-corrected chi connectivity index (χ1v) is 5.52. The Labute approximate surface area is 113 Å². The number of nitrogens with zero attached hydrogens (tertiary/aromatic N) is 1. The van der Waals surface area contributed by atoms with Crippen molar-refractivity contribution in [2.75, 3.05) is 13.2 Å². The van der Waals surface area contributed by atoms with Gasteiger partial charge in [-0.2, -0.15) is 0 Å². The summed E-state index contributed by atoms with van der Waals surface area (Å²) in [4.78, 5) is 31.9. The van der Waals surface area contributed by atoms with Crippen LogP contribution >= 0.6 is 0 Å². The summed E-state index contributed by atoms with van der Waals surface area (Å²) in [5, 5.41) is 22.0. The van der Waals surface area contributed by atoms with Gasteiger partial charge in [-0.05, 0) is 6.07 Å². The number of amides is 2. The fraction of sp³-hybridized carbons (Fsp3) is 0.273. The van der Waals surface area contributed by atoms with E-state index in [-0.39, 0.29) is 18.0 Å². The Morgan fingerprint density at radius 2 is 2.10 bits per heavy atom. The summed E-state index contributed by atoms with van der Waals surface area (Å²) in [7, 11) is 0. The van der Waals surface area contributed by atoms with E-state index in [4.69, 9.17) is 15.6 Å². The third-order valence-electron chi connectivity index (χ3n) is 2.24. The first-order valence-electron chi connectivity index (χ1n) is 5.52. The first kappa shape index (κ1) is 15.4. The number of carbonyl (C=O) groups is 2. The van der Waals surface area contributed by atoms with Crippen molar-refractivity contribution in [1.82, 2.24) is 5.32 Å². The molecule has 0 heterocycles. The minimum Gasteiger partial charge on any atom is -0.477 e. The standard InChI is InChI=1S/C11H13N3O6/c12-11(17)8(15)5-13-10(16)6-20-9-4-2-1-3-7(9)14(18)19/h1-4,8,15H,5-6H2,(H2,12,17)(H,13,16). The third kappa shape index (κ3) is 4.53. The maximum absolute atomic E-state index is 11.4. The van der Waals surface area contributed by atoms with Gasteiger partial charge in [0.1, 0.15) is 6.10 Å². The number of para-hydroxylation sites is 2. The molecule has 0 aromatic heterocycles. The highest BCUT2D eigenvalue weighted by molar-refractivity contribution is 5.81. The number of hydrogen-bond donors (Lipinski definition) is 3. The smallest absolute Gasteiger partial charge is 0.310 e. The van der Waals surface area contributed by atoms with Crippen molar-refractivity contribution in [3.8, 4) is 5.75 Å². The second-order valence-electron chi connectivity index (χ2n) is 3.74. The van der Waals surface area contributed by atoms with E-state index in [0.29, 0.717) is 0 Å². The van der Waals surface area contributed by atoms with Crippen molar-refractivity contribution in [2.24, 2.45) is 5.73 Å². The zero-order valence-corrected chi connectivity index (χ0v) is 10.3. The zero-order chi connectivity index (χ0) is 15.1. The van der Waals surface area contributed by atoms with Crippen molar-refractivity contribution < 1.29 is 24.4 Å². The van der Waals surface area contributed by atoms with Gasteiger partial charge in [0.15, 0.2) is 12.4 Å². The van der Waals surface area contributed by atoms with Crippen molar-refractivity contribution in [3.05, 3.63) is 34.4 Å². The van der Waals surface area contributed by atoms with Crippen LogP contribution in [0.15, 0.2) is 24.3 Å². The minimum absolute atomic E-state index is 0.0527. The molecule has 0 aliphatic heterocycles. The second-order valence-corrected chi connectivity index (χ2v) is 3.74. The number of nitro benzene ring substituents is 1. The molecule has 4 N–H and O–H groups in total. The molecule has 0 fully saturated rings. The summed E-state index contributed by atoms with van der Waals surface area (Å²) in [6.07, 6.45) is -1.50. The van der Waals surface area contributed by atoms with E-state index >= 15 is 0 Å². The number of nitro groups is 1. The summed E-state index contributed by atoms with van der Waals surface area (Å²) < 4.78 is 5.00. The van der Waals surface area contributed by atoms with Crippen LogP contribution in [-0.2, 0) is 9.59 Å². The Balaban J connectivity index is 2.49. The predicted octanol–water partition coefficient (Wildman–Crippen LogP) is -1.06. The molecule has 0 saturated carbocycles. The van der Waals surface area contributed by atoms with Gasteiger partial charge in [0.25, 0.3) is 5.91 Å². The van der Waals surface area contributed by atoms with Gasteiger partial charge in [0, 0.05) is 6.07 Å². The largest absolute Gasteiger partial charge is 0.477 e. The lowest BCUT2D eigenvalue weighted by Gasteiger charge is -2.09. The van der Waals surface area contributed by atoms with Crippen LogP contribution in [0.4, 0.5) is 5.69 Å². The fourth-order valence-electron chi connectivity index (χ4n) is 1.24. The summed E-state index contributed by atoms with van der Waals surface area (Å²) in [5.74, 6) is -1.67. The monoisotopic (exact) mass is 283 g/mol. The number of aliphatic hydroxyl groups is 1. The number of nitrogens with two attached hydrogens (primary N) is 1. The van der Waals surface area contributed by atoms with E-state index in [1.807, 2.05) is 0 Å². The highest BCUT2D eigenvalue weighted by Gasteiger charge is 2.16. The summed E-state index contributed by atoms with van der Waals surface area (Å²) >= 11 is 0. The molecule has 1 aromatic carbocycles. The quantitative estimate of drug-likeness (QED) is 0.429. The molecule has 1 rings (SSSR count). The molecular weight excluding hydrogens is 270 g/mol. The maximum Gasteiger partial charge on any atom is 0.310 e. The molecule has 1 atom stereocenters. The van der Waals surface area contributed by atoms with Gasteiger partial charge in [-0.25, -0.2) is 0 Å². The van der Waals surface area contributed by atoms with E-state index in [2.05, 4.69) is 5.32 Å². The molecule has 1 aromatic rings. The number of carbonyl (C=O) groups excluding carboxylic acids is 2. The number of primary amides is 1. The Bertz CT molecular complexity index is 519. The number of nitrogens with one attached hydrogen (secondary N) is 1. The summed E-state index contributed by atoms with van der Waals surface area (Å²) in [5.41, 5.74) is 4.53. The predicted molar refractivity (Wildman–Crippen MR) is 66.8 cm³/mol. The molecule has 1 unspecified atom stereocenters. The van der Waals surface area contributed by atoms with Crippen LogP contribution in [0.1, 0.15) is 0 Å². The van der Waals surface area contributed by atoms with Gasteiger partial charge < -0.3 is 20.9 Å². The van der Waals surface area contributed by atoms with Crippen LogP contribution < -0.4 is 15.8 Å². The Kier molecular flexibility index (Phi) is 5.42. The van der Waals surface area contributed by atoms with Crippen molar-refractivity contribution in [1.29, 1.82) is 0 Å². The van der Waals surface area contributed by atoms with E-state index < -0.39 is 29.4 Å². The fourth-order valence-corrected chi connectivity index (χ4v) is 1.24. The normalized spacial score (nSPS) is 11.4. The molecule has 9 heteroatoms. The number of aliphatic hydroxyl groups excluding tert-OH is 1. The average Bonchev–Trinajstić information content (AvgIpc) is 2.42. The van der Waals surface area contributed by atoms with Crippen LogP contribution in [0.2, 0.25) is 0 Å². The molecule has 0 saturated heterocycles. The molecule has 0 aliphatic carbocycles. The SMILES string of the molecule is NC(=O)C(O)CNC(=O)COc1ccccc1[N+](=O)[O-]. The van der Waals surface area contributed by atoms with Crippen molar-refractivity contribution in [3.63, 3.8) is 0 Å². The topological polar surface area (TPSA) is 145 Å². The first-order chi connectivity index (χ1) is 9.41. The highest BCUT2D eigenvalue weighted by atomic mass is 16.6. The van der Waals surface area contributed by atoms with E-state index in [0.717, 1.165) is 0 Å². The lowest BCUT2D eigenvalue weighted by Crippen LogP contribution is -2.41. The number of ether oxygens (including phenoxy) is 1. The maximum atomic E-state index is 11.4. The van der Waals surface area contributed by atoms with Crippen LogP contribution in [-0.4, -0.2) is 41.1 Å². The molecule has 108 valence electrons. The van der Waals surface area contributed by atoms with Gasteiger partial charge in [0.2, 0.25) is 5.91 Å². The second kappa shape index (κ2) is 7.04. The molecule has 9 nitrogen and oxygen atoms in total. The van der Waals surface area contributed by atoms with E-state index in [1.54, 1.807) is 0 Å². The number of hydrogen-bond acceptors (Lipinski definition) is 6. The summed E-state index contributed by atoms with van der Waals surface area (Å²) in [6.45, 7) is -0.843. The molecular formula is C11H13N3O6. The number of benzene rings is 1. The molecule has 0 radical (unpaired) electrons. The van der Waals surface area contributed by atoms with Crippen LogP contribution in [0.25, 0.3) is 0 Å². The van der Waals surface area contributed by atoms with E-state index in [1.165, 1.54) is 24.3 Å². The van der Waals surface area contributed by atoms with Gasteiger partial charge in [0.05, 0.1) is 11.5 Å². The van der Waals surface area contributed by atoms with Crippen LogP contribution in [0.3, 0.4) is 0 Å². The lowest BCUT2D eigenvalue weighted by atomic mass is 10.3. The van der Waals surface area contributed by atoms with Crippen molar-refractivity contribution >= 4 is 17.5 Å². The minimum atomic E-state index is -1.50. The van der Waals surface area contributed by atoms with Gasteiger partial charge in [-0.3, -0.25) is 19.7 Å². The lowest BCUT2D eigenvalue weighted by molar-refractivity contribution is -0.385. The Morgan fingerprint density at radius 3 is 2.70 bits per heavy atom. The van der Waals surface area contributed by atoms with Gasteiger partial charge >= 0.3 is 5.69 Å². The van der Waals surface area contributed by atoms with Crippen LogP contribution in [0, 0.1) is 10.1 Å². The van der Waals surface area contributed by atoms with Crippen LogP contribution in [0.5, 0.6) is 5.75 Å². The molecule has 20 heavy (non-hydrogen) atoms. The van der Waals surface area contributed by atoms with Gasteiger partial charge in [-0.15, -0.1) is 0 Å². The molecule has 0 spiro atoms. The molecule has 0 bridgehead atoms. The van der Waals surface area contributed by atoms with E-state index in [9.17, 15) is 19.7 Å². The highest BCUT2D eigenvalue weighted by Crippen LogP contribution is 2.25. The van der Waals surface area contributed by atoms with Gasteiger partial charge in [-0.1, -0.05) is 12.1 Å². The Hall–Kier alpha value is -2.68. The molecule has 2 amide bonds. The average molecular weight is 283 g/mol. The van der Waals surface area contributed by atoms with Crippen molar-refractivity contribution in [2.45, 2.75) is 6.10 Å². The number of rotatable bonds is 7. The summed E-state index contributed by atoms with van der Waals surface area (Å²) in [6, 6.07) is 5.58. The Morgan fingerprint density at radius 1 is 1.45 bits per heavy atom. The third-order valence-corrected chi connectivity index (χ3v) is 2.24.